The molecule has 28 heavy (non-hydrogen) atoms. The third-order valence-electron chi connectivity index (χ3n) is 5.42. The Bertz CT molecular complexity index is 919. The molecule has 1 atom stereocenters. The van der Waals surface area contributed by atoms with Crippen LogP contribution in [0.5, 0.6) is 0 Å². The fraction of sp³-hybridized carbons (Fsp3) is 0.476. The van der Waals surface area contributed by atoms with Crippen molar-refractivity contribution in [1.29, 1.82) is 0 Å². The summed E-state index contributed by atoms with van der Waals surface area (Å²) in [6, 6.07) is 6.33. The molecule has 1 saturated carbocycles. The number of ether oxygens (including phenoxy) is 1. The van der Waals surface area contributed by atoms with E-state index in [1.165, 1.54) is 5.69 Å². The van der Waals surface area contributed by atoms with Crippen LogP contribution >= 0.6 is 0 Å². The van der Waals surface area contributed by atoms with Crippen LogP contribution < -0.4 is 5.32 Å². The Labute approximate surface area is 164 Å². The maximum Gasteiger partial charge on any atom is 0.241 e. The van der Waals surface area contributed by atoms with E-state index in [0.29, 0.717) is 18.5 Å². The van der Waals surface area contributed by atoms with Crippen LogP contribution in [0.1, 0.15) is 44.2 Å². The molecule has 0 aromatic carbocycles. The van der Waals surface area contributed by atoms with Crippen LogP contribution in [0.3, 0.4) is 0 Å². The minimum Gasteiger partial charge on any atom is -0.393 e. The lowest BCUT2D eigenvalue weighted by molar-refractivity contribution is 0.121. The number of aliphatic hydroxyl groups excluding tert-OH is 1. The van der Waals surface area contributed by atoms with E-state index in [-0.39, 0.29) is 12.1 Å². The third-order valence-corrected chi connectivity index (χ3v) is 5.42. The molecular formula is C21H27N5O2. The number of pyridine rings is 1. The topological polar surface area (TPSA) is 84.6 Å². The van der Waals surface area contributed by atoms with Gasteiger partial charge in [-0.15, -0.1) is 5.10 Å². The van der Waals surface area contributed by atoms with Crippen molar-refractivity contribution in [2.75, 3.05) is 19.0 Å². The Morgan fingerprint density at radius 1 is 1.29 bits per heavy atom. The number of anilines is 1. The number of aromatic nitrogens is 4. The number of nitrogens with one attached hydrogen (secondary N) is 1. The summed E-state index contributed by atoms with van der Waals surface area (Å²) >= 11 is 0. The van der Waals surface area contributed by atoms with Crippen molar-refractivity contribution < 1.29 is 9.84 Å². The molecule has 0 bridgehead atoms. The molecular weight excluding hydrogens is 354 g/mol. The predicted molar refractivity (Wildman–Crippen MR) is 108 cm³/mol. The molecule has 3 heterocycles. The summed E-state index contributed by atoms with van der Waals surface area (Å²) in [5, 5.41) is 18.0. The van der Waals surface area contributed by atoms with Gasteiger partial charge in [0, 0.05) is 48.3 Å². The first-order chi connectivity index (χ1) is 13.7. The highest BCUT2D eigenvalue weighted by Crippen LogP contribution is 2.37. The maximum atomic E-state index is 9.90. The molecule has 1 fully saturated rings. The van der Waals surface area contributed by atoms with E-state index in [1.54, 1.807) is 13.3 Å². The number of aliphatic hydroxyl groups is 1. The highest BCUT2D eigenvalue weighted by molar-refractivity contribution is 5.81. The summed E-state index contributed by atoms with van der Waals surface area (Å²) in [4.78, 5) is 8.79. The summed E-state index contributed by atoms with van der Waals surface area (Å²) in [6.07, 6.45) is 8.94. The molecule has 0 radical (unpaired) electrons. The highest BCUT2D eigenvalue weighted by Gasteiger charge is 2.25. The van der Waals surface area contributed by atoms with E-state index in [2.05, 4.69) is 27.4 Å². The van der Waals surface area contributed by atoms with Crippen LogP contribution in [0, 0.1) is 0 Å². The molecule has 0 aliphatic heterocycles. The van der Waals surface area contributed by atoms with Crippen molar-refractivity contribution in [1.82, 2.24) is 19.6 Å². The molecule has 1 aliphatic rings. The second kappa shape index (κ2) is 8.24. The number of nitrogens with zero attached hydrogens (tertiary/aromatic N) is 4. The van der Waals surface area contributed by atoms with Gasteiger partial charge in [0.25, 0.3) is 0 Å². The molecule has 7 nitrogen and oxygen atoms in total. The van der Waals surface area contributed by atoms with Gasteiger partial charge in [-0.25, -0.2) is 9.50 Å². The molecule has 0 amide bonds. The van der Waals surface area contributed by atoms with Gasteiger partial charge in [0.05, 0.1) is 24.4 Å². The van der Waals surface area contributed by atoms with E-state index in [9.17, 15) is 5.11 Å². The van der Waals surface area contributed by atoms with Crippen molar-refractivity contribution >= 4 is 11.5 Å². The summed E-state index contributed by atoms with van der Waals surface area (Å²) in [5.41, 5.74) is 4.29. The molecule has 0 saturated heterocycles. The first-order valence-electron chi connectivity index (χ1n) is 9.88. The number of rotatable bonds is 6. The van der Waals surface area contributed by atoms with Gasteiger partial charge < -0.3 is 15.2 Å². The SMILES string of the molecule is COC[C@H](C)Nc1ncc2c(-c3cccnc3)cc(C3CCC(O)CC3)n2n1. The average molecular weight is 381 g/mol. The lowest BCUT2D eigenvalue weighted by Crippen LogP contribution is -2.23. The lowest BCUT2D eigenvalue weighted by Gasteiger charge is -2.25. The zero-order chi connectivity index (χ0) is 19.5. The lowest BCUT2D eigenvalue weighted by atomic mass is 9.85. The summed E-state index contributed by atoms with van der Waals surface area (Å²) in [6.45, 7) is 2.62. The molecule has 3 aromatic heterocycles. The van der Waals surface area contributed by atoms with Gasteiger partial charge in [-0.05, 0) is 44.7 Å². The van der Waals surface area contributed by atoms with Gasteiger partial charge in [0.15, 0.2) is 0 Å². The van der Waals surface area contributed by atoms with Crippen molar-refractivity contribution in [3.05, 3.63) is 42.5 Å². The van der Waals surface area contributed by atoms with E-state index in [0.717, 1.165) is 42.3 Å². The van der Waals surface area contributed by atoms with E-state index in [1.807, 2.05) is 29.9 Å². The Morgan fingerprint density at radius 3 is 2.82 bits per heavy atom. The molecule has 0 unspecified atom stereocenters. The number of methoxy groups -OCH3 is 1. The summed E-state index contributed by atoms with van der Waals surface area (Å²) in [7, 11) is 1.68. The zero-order valence-electron chi connectivity index (χ0n) is 16.4. The van der Waals surface area contributed by atoms with E-state index in [4.69, 9.17) is 9.84 Å². The fourth-order valence-electron chi connectivity index (χ4n) is 4.01. The van der Waals surface area contributed by atoms with Crippen LogP contribution in [0.15, 0.2) is 36.8 Å². The summed E-state index contributed by atoms with van der Waals surface area (Å²) in [5.74, 6) is 0.961. The largest absolute Gasteiger partial charge is 0.393 e. The number of fused-ring (bicyclic) bond motifs is 1. The first kappa shape index (κ1) is 18.8. The molecule has 2 N–H and O–H groups in total. The highest BCUT2D eigenvalue weighted by atomic mass is 16.5. The van der Waals surface area contributed by atoms with Crippen LogP contribution in [0.4, 0.5) is 5.95 Å². The van der Waals surface area contributed by atoms with Gasteiger partial charge in [0.2, 0.25) is 5.95 Å². The van der Waals surface area contributed by atoms with Crippen LogP contribution in [-0.4, -0.2) is 50.6 Å². The fourth-order valence-corrected chi connectivity index (χ4v) is 4.01. The molecule has 148 valence electrons. The molecule has 3 aromatic rings. The summed E-state index contributed by atoms with van der Waals surface area (Å²) < 4.78 is 7.21. The molecule has 7 heteroatoms. The Kier molecular flexibility index (Phi) is 5.54. The molecule has 4 rings (SSSR count). The predicted octanol–water partition coefficient (Wildman–Crippen LogP) is 3.26. The Balaban J connectivity index is 1.76. The van der Waals surface area contributed by atoms with Crippen LogP contribution in [0.25, 0.3) is 16.6 Å². The maximum absolute atomic E-state index is 9.90. The molecule has 1 aliphatic carbocycles. The van der Waals surface area contributed by atoms with Crippen molar-refractivity contribution in [3.8, 4) is 11.1 Å². The van der Waals surface area contributed by atoms with Gasteiger partial charge in [-0.2, -0.15) is 0 Å². The zero-order valence-corrected chi connectivity index (χ0v) is 16.4. The Morgan fingerprint density at radius 2 is 2.11 bits per heavy atom. The number of hydrogen-bond donors (Lipinski definition) is 2. The quantitative estimate of drug-likeness (QED) is 0.682. The van der Waals surface area contributed by atoms with Crippen molar-refractivity contribution in [2.24, 2.45) is 0 Å². The van der Waals surface area contributed by atoms with E-state index < -0.39 is 0 Å². The smallest absolute Gasteiger partial charge is 0.241 e. The minimum absolute atomic E-state index is 0.115. The van der Waals surface area contributed by atoms with Crippen LogP contribution in [-0.2, 0) is 4.74 Å². The van der Waals surface area contributed by atoms with Crippen molar-refractivity contribution in [2.45, 2.75) is 50.7 Å². The van der Waals surface area contributed by atoms with Gasteiger partial charge in [-0.1, -0.05) is 6.07 Å². The molecule has 0 spiro atoms. The van der Waals surface area contributed by atoms with Crippen molar-refractivity contribution in [3.63, 3.8) is 0 Å². The third kappa shape index (κ3) is 3.86. The van der Waals surface area contributed by atoms with Crippen LogP contribution in [0.2, 0.25) is 0 Å². The van der Waals surface area contributed by atoms with Gasteiger partial charge in [0.1, 0.15) is 0 Å². The first-order valence-corrected chi connectivity index (χ1v) is 9.88. The van der Waals surface area contributed by atoms with Gasteiger partial charge in [-0.3, -0.25) is 4.98 Å². The second-order valence-electron chi connectivity index (χ2n) is 7.61. The standard InChI is InChI=1S/C21H27N5O2/c1-14(13-28-2)24-21-23-12-20-18(16-4-3-9-22-11-16)10-19(26(20)25-21)15-5-7-17(27)8-6-15/h3-4,9-12,14-15,17,27H,5-8,13H2,1-2H3,(H,24,25)/t14-,15?,17?/m0/s1. The average Bonchev–Trinajstić information content (AvgIpc) is 3.08. The van der Waals surface area contributed by atoms with Gasteiger partial charge >= 0.3 is 0 Å². The second-order valence-corrected chi connectivity index (χ2v) is 7.61. The number of hydrogen-bond acceptors (Lipinski definition) is 6. The minimum atomic E-state index is -0.179. The van der Waals surface area contributed by atoms with E-state index >= 15 is 0 Å². The monoisotopic (exact) mass is 381 g/mol. The Hall–Kier alpha value is -2.51. The normalized spacial score (nSPS) is 21.0.